The van der Waals surface area contributed by atoms with Crippen molar-refractivity contribution in [1.82, 2.24) is 15.6 Å². The van der Waals surface area contributed by atoms with Gasteiger partial charge in [0.15, 0.2) is 0 Å². The maximum absolute atomic E-state index is 12.4. The molecule has 1 aromatic carbocycles. The zero-order valence-electron chi connectivity index (χ0n) is 12.9. The Morgan fingerprint density at radius 1 is 1.39 bits per heavy atom. The fourth-order valence-electron chi connectivity index (χ4n) is 2.43. The minimum atomic E-state index is -0.0559. The van der Waals surface area contributed by atoms with Gasteiger partial charge in [-0.3, -0.25) is 4.79 Å². The van der Waals surface area contributed by atoms with Crippen molar-refractivity contribution < 1.29 is 4.79 Å². The molecule has 1 aliphatic rings. The second-order valence-electron chi connectivity index (χ2n) is 5.44. The predicted octanol–water partition coefficient (Wildman–Crippen LogP) is 3.42. The Morgan fingerprint density at radius 2 is 2.17 bits per heavy atom. The topological polar surface area (TPSA) is 54.0 Å². The van der Waals surface area contributed by atoms with E-state index in [4.69, 9.17) is 11.6 Å². The van der Waals surface area contributed by atoms with Gasteiger partial charge in [-0.2, -0.15) is 0 Å². The van der Waals surface area contributed by atoms with Crippen molar-refractivity contribution in [3.63, 3.8) is 0 Å². The van der Waals surface area contributed by atoms with E-state index in [9.17, 15) is 4.79 Å². The Kier molecular flexibility index (Phi) is 5.10. The normalized spacial score (nSPS) is 14.4. The number of carbonyl (C=O) groups is 1. The Hall–Kier alpha value is -1.69. The fourth-order valence-corrected chi connectivity index (χ4v) is 3.54. The van der Waals surface area contributed by atoms with Gasteiger partial charge in [-0.1, -0.05) is 35.4 Å². The number of thiazole rings is 1. The minimum Gasteiger partial charge on any atom is -0.348 e. The van der Waals surface area contributed by atoms with Crippen LogP contribution in [0.3, 0.4) is 0 Å². The predicted molar refractivity (Wildman–Crippen MR) is 95.2 cm³/mol. The van der Waals surface area contributed by atoms with Crippen molar-refractivity contribution in [3.05, 3.63) is 51.5 Å². The summed E-state index contributed by atoms with van der Waals surface area (Å²) in [5.74, 6) is -0.0559. The molecule has 0 aliphatic carbocycles. The van der Waals surface area contributed by atoms with Crippen LogP contribution in [0, 0.1) is 6.92 Å². The van der Waals surface area contributed by atoms with E-state index in [1.165, 1.54) is 16.9 Å². The van der Waals surface area contributed by atoms with Crippen LogP contribution in [-0.2, 0) is 0 Å². The van der Waals surface area contributed by atoms with Crippen molar-refractivity contribution >= 4 is 28.8 Å². The second-order valence-corrected chi connectivity index (χ2v) is 6.88. The number of nitrogens with one attached hydrogen (secondary N) is 2. The molecule has 0 spiro atoms. The summed E-state index contributed by atoms with van der Waals surface area (Å²) in [6, 6.07) is 7.50. The van der Waals surface area contributed by atoms with Gasteiger partial charge < -0.3 is 10.6 Å². The van der Waals surface area contributed by atoms with Crippen molar-refractivity contribution in [1.29, 1.82) is 0 Å². The summed E-state index contributed by atoms with van der Waals surface area (Å²) in [6.07, 6.45) is 3.13. The number of carbonyl (C=O) groups excluding carboxylic acids is 1. The van der Waals surface area contributed by atoms with Gasteiger partial charge in [0, 0.05) is 23.7 Å². The van der Waals surface area contributed by atoms with Gasteiger partial charge in [-0.05, 0) is 32.0 Å². The quantitative estimate of drug-likeness (QED) is 0.833. The molecule has 3 rings (SSSR count). The van der Waals surface area contributed by atoms with Crippen molar-refractivity contribution in [3.8, 4) is 10.6 Å². The fraction of sp³-hybridized carbons (Fsp3) is 0.294. The lowest BCUT2D eigenvalue weighted by Gasteiger charge is -2.14. The molecule has 0 atom stereocenters. The average molecular weight is 348 g/mol. The smallest absolute Gasteiger partial charge is 0.263 e. The van der Waals surface area contributed by atoms with Crippen LogP contribution < -0.4 is 10.6 Å². The maximum Gasteiger partial charge on any atom is 0.263 e. The van der Waals surface area contributed by atoms with E-state index in [1.54, 1.807) is 0 Å². The van der Waals surface area contributed by atoms with E-state index in [0.717, 1.165) is 35.8 Å². The molecular weight excluding hydrogens is 330 g/mol. The molecule has 0 saturated heterocycles. The maximum atomic E-state index is 12.4. The standard InChI is InChI=1S/C17H18ClN3OS/c1-11-15(16(22)20-10-12-6-8-19-9-7-12)23-17(21-11)13-2-4-14(18)5-3-13/h2-6,19H,7-10H2,1H3,(H,20,22). The monoisotopic (exact) mass is 347 g/mol. The molecule has 0 unspecified atom stereocenters. The summed E-state index contributed by atoms with van der Waals surface area (Å²) < 4.78 is 0. The zero-order chi connectivity index (χ0) is 16.2. The third-order valence-electron chi connectivity index (χ3n) is 3.73. The van der Waals surface area contributed by atoms with E-state index >= 15 is 0 Å². The number of rotatable bonds is 4. The lowest BCUT2D eigenvalue weighted by atomic mass is 10.1. The number of hydrogen-bond donors (Lipinski definition) is 2. The number of aryl methyl sites for hydroxylation is 1. The molecule has 2 aromatic rings. The molecule has 2 heterocycles. The molecule has 1 aliphatic heterocycles. The summed E-state index contributed by atoms with van der Waals surface area (Å²) >= 11 is 7.33. The van der Waals surface area contributed by atoms with Gasteiger partial charge in [0.05, 0.1) is 5.69 Å². The van der Waals surface area contributed by atoms with Crippen molar-refractivity contribution in [2.75, 3.05) is 19.6 Å². The van der Waals surface area contributed by atoms with Crippen molar-refractivity contribution in [2.24, 2.45) is 0 Å². The van der Waals surface area contributed by atoms with Gasteiger partial charge in [0.25, 0.3) is 5.91 Å². The molecule has 0 fully saturated rings. The highest BCUT2D eigenvalue weighted by Crippen LogP contribution is 2.28. The third kappa shape index (κ3) is 3.99. The molecular formula is C17H18ClN3OS. The van der Waals surface area contributed by atoms with Gasteiger partial charge in [-0.15, -0.1) is 11.3 Å². The van der Waals surface area contributed by atoms with Crippen LogP contribution in [0.15, 0.2) is 35.9 Å². The molecule has 2 N–H and O–H groups in total. The molecule has 120 valence electrons. The average Bonchev–Trinajstić information content (AvgIpc) is 2.96. The first-order chi connectivity index (χ1) is 11.1. The summed E-state index contributed by atoms with van der Waals surface area (Å²) in [7, 11) is 0. The number of aromatic nitrogens is 1. The summed E-state index contributed by atoms with van der Waals surface area (Å²) in [5, 5.41) is 7.79. The Balaban J connectivity index is 1.71. The number of halogens is 1. The molecule has 23 heavy (non-hydrogen) atoms. The van der Waals surface area contributed by atoms with Crippen LogP contribution in [-0.4, -0.2) is 30.5 Å². The summed E-state index contributed by atoms with van der Waals surface area (Å²) in [5.41, 5.74) is 3.01. The number of nitrogens with zero attached hydrogens (tertiary/aromatic N) is 1. The van der Waals surface area contributed by atoms with Crippen LogP contribution >= 0.6 is 22.9 Å². The van der Waals surface area contributed by atoms with Gasteiger partial charge in [-0.25, -0.2) is 4.98 Å². The first-order valence-corrected chi connectivity index (χ1v) is 8.73. The van der Waals surface area contributed by atoms with Crippen molar-refractivity contribution in [2.45, 2.75) is 13.3 Å². The molecule has 1 amide bonds. The largest absolute Gasteiger partial charge is 0.348 e. The summed E-state index contributed by atoms with van der Waals surface area (Å²) in [4.78, 5) is 17.6. The van der Waals surface area contributed by atoms with E-state index in [0.29, 0.717) is 16.4 Å². The highest BCUT2D eigenvalue weighted by molar-refractivity contribution is 7.17. The van der Waals surface area contributed by atoms with Crippen LogP contribution in [0.1, 0.15) is 21.8 Å². The number of amides is 1. The molecule has 0 radical (unpaired) electrons. The zero-order valence-corrected chi connectivity index (χ0v) is 14.4. The van der Waals surface area contributed by atoms with E-state index < -0.39 is 0 Å². The lowest BCUT2D eigenvalue weighted by Crippen LogP contribution is -2.29. The van der Waals surface area contributed by atoms with Gasteiger partial charge in [0.1, 0.15) is 9.88 Å². The lowest BCUT2D eigenvalue weighted by molar-refractivity contribution is 0.0960. The van der Waals surface area contributed by atoms with Gasteiger partial charge >= 0.3 is 0 Å². The molecule has 1 aromatic heterocycles. The van der Waals surface area contributed by atoms with E-state index in [-0.39, 0.29) is 5.91 Å². The highest BCUT2D eigenvalue weighted by atomic mass is 35.5. The van der Waals surface area contributed by atoms with Crippen LogP contribution in [0.5, 0.6) is 0 Å². The Morgan fingerprint density at radius 3 is 2.87 bits per heavy atom. The molecule has 4 nitrogen and oxygen atoms in total. The summed E-state index contributed by atoms with van der Waals surface area (Å²) in [6.45, 7) is 4.33. The Labute approximate surface area is 144 Å². The van der Waals surface area contributed by atoms with E-state index in [2.05, 4.69) is 21.7 Å². The first kappa shape index (κ1) is 16.2. The second kappa shape index (κ2) is 7.25. The number of hydrogen-bond acceptors (Lipinski definition) is 4. The van der Waals surface area contributed by atoms with Gasteiger partial charge in [0.2, 0.25) is 0 Å². The van der Waals surface area contributed by atoms with Crippen LogP contribution in [0.4, 0.5) is 0 Å². The van der Waals surface area contributed by atoms with E-state index in [1.807, 2.05) is 31.2 Å². The molecule has 0 bridgehead atoms. The Bertz CT molecular complexity index is 737. The third-order valence-corrected chi connectivity index (χ3v) is 5.19. The SMILES string of the molecule is Cc1nc(-c2ccc(Cl)cc2)sc1C(=O)NCC1=CCNCC1. The molecule has 0 saturated carbocycles. The highest BCUT2D eigenvalue weighted by Gasteiger charge is 2.16. The number of benzene rings is 1. The first-order valence-electron chi connectivity index (χ1n) is 7.53. The van der Waals surface area contributed by atoms with Crippen LogP contribution in [0.25, 0.3) is 10.6 Å². The molecule has 6 heteroatoms. The minimum absolute atomic E-state index is 0.0559. The van der Waals surface area contributed by atoms with Crippen LogP contribution in [0.2, 0.25) is 5.02 Å².